The highest BCUT2D eigenvalue weighted by molar-refractivity contribution is 5.31. The normalized spacial score (nSPS) is 10.6. The van der Waals surface area contributed by atoms with Crippen LogP contribution in [0.2, 0.25) is 0 Å². The third-order valence-electron chi connectivity index (χ3n) is 2.48. The SMILES string of the molecule is Cc1ccc(Cc2nnn(C)n2)cc1C. The lowest BCUT2D eigenvalue weighted by Crippen LogP contribution is -1.95. The molecular formula is C11H14N4. The molecule has 0 bridgehead atoms. The lowest BCUT2D eigenvalue weighted by molar-refractivity contribution is 0.628. The van der Waals surface area contributed by atoms with Gasteiger partial charge >= 0.3 is 0 Å². The fourth-order valence-electron chi connectivity index (χ4n) is 1.49. The van der Waals surface area contributed by atoms with Gasteiger partial charge in [-0.3, -0.25) is 0 Å². The van der Waals surface area contributed by atoms with Crippen LogP contribution < -0.4 is 0 Å². The van der Waals surface area contributed by atoms with Crippen molar-refractivity contribution in [3.05, 3.63) is 40.7 Å². The van der Waals surface area contributed by atoms with Gasteiger partial charge in [0.15, 0.2) is 5.82 Å². The maximum absolute atomic E-state index is 4.15. The Bertz CT molecular complexity index is 473. The number of aromatic nitrogens is 4. The molecule has 0 aliphatic rings. The van der Waals surface area contributed by atoms with Gasteiger partial charge in [0, 0.05) is 6.42 Å². The molecule has 4 nitrogen and oxygen atoms in total. The van der Waals surface area contributed by atoms with Gasteiger partial charge in [0.05, 0.1) is 7.05 Å². The molecule has 0 unspecified atom stereocenters. The van der Waals surface area contributed by atoms with Crippen molar-refractivity contribution in [2.45, 2.75) is 20.3 Å². The lowest BCUT2D eigenvalue weighted by atomic mass is 10.0. The van der Waals surface area contributed by atoms with Crippen LogP contribution in [0.3, 0.4) is 0 Å². The van der Waals surface area contributed by atoms with Crippen molar-refractivity contribution in [2.24, 2.45) is 7.05 Å². The molecule has 2 aromatic rings. The van der Waals surface area contributed by atoms with E-state index in [-0.39, 0.29) is 0 Å². The first-order chi connectivity index (χ1) is 7.15. The van der Waals surface area contributed by atoms with E-state index in [4.69, 9.17) is 0 Å². The molecule has 0 spiro atoms. The van der Waals surface area contributed by atoms with Crippen molar-refractivity contribution in [1.82, 2.24) is 20.2 Å². The molecule has 0 amide bonds. The van der Waals surface area contributed by atoms with Crippen LogP contribution in [-0.4, -0.2) is 20.2 Å². The molecule has 1 aromatic carbocycles. The van der Waals surface area contributed by atoms with Gasteiger partial charge in [-0.15, -0.1) is 10.2 Å². The number of nitrogens with zero attached hydrogens (tertiary/aromatic N) is 4. The zero-order valence-corrected chi connectivity index (χ0v) is 9.23. The highest BCUT2D eigenvalue weighted by Crippen LogP contribution is 2.11. The van der Waals surface area contributed by atoms with Gasteiger partial charge in [-0.1, -0.05) is 18.2 Å². The van der Waals surface area contributed by atoms with E-state index in [0.717, 1.165) is 12.2 Å². The summed E-state index contributed by atoms with van der Waals surface area (Å²) >= 11 is 0. The van der Waals surface area contributed by atoms with Gasteiger partial charge < -0.3 is 0 Å². The minimum atomic E-state index is 0.745. The highest BCUT2D eigenvalue weighted by Gasteiger charge is 2.03. The van der Waals surface area contributed by atoms with Crippen molar-refractivity contribution >= 4 is 0 Å². The Morgan fingerprint density at radius 2 is 2.00 bits per heavy atom. The molecule has 0 aliphatic heterocycles. The Morgan fingerprint density at radius 3 is 2.60 bits per heavy atom. The smallest absolute Gasteiger partial charge is 0.167 e. The molecule has 1 heterocycles. The fourth-order valence-corrected chi connectivity index (χ4v) is 1.49. The molecule has 0 saturated carbocycles. The summed E-state index contributed by atoms with van der Waals surface area (Å²) in [4.78, 5) is 1.48. The minimum Gasteiger partial charge on any atom is -0.167 e. The summed E-state index contributed by atoms with van der Waals surface area (Å²) in [6.07, 6.45) is 0.745. The molecule has 0 saturated heterocycles. The molecule has 1 aromatic heterocycles. The predicted octanol–water partition coefficient (Wildman–Crippen LogP) is 1.42. The monoisotopic (exact) mass is 202 g/mol. The number of hydrogen-bond acceptors (Lipinski definition) is 3. The molecular weight excluding hydrogens is 188 g/mol. The second-order valence-electron chi connectivity index (χ2n) is 3.79. The van der Waals surface area contributed by atoms with Crippen LogP contribution in [0.4, 0.5) is 0 Å². The molecule has 15 heavy (non-hydrogen) atoms. The summed E-state index contributed by atoms with van der Waals surface area (Å²) in [6.45, 7) is 4.22. The van der Waals surface area contributed by atoms with E-state index >= 15 is 0 Å². The summed E-state index contributed by atoms with van der Waals surface area (Å²) in [7, 11) is 1.77. The van der Waals surface area contributed by atoms with Crippen molar-refractivity contribution in [3.63, 3.8) is 0 Å². The minimum absolute atomic E-state index is 0.745. The highest BCUT2D eigenvalue weighted by atomic mass is 15.6. The molecule has 0 radical (unpaired) electrons. The number of tetrazole rings is 1. The maximum atomic E-state index is 4.15. The van der Waals surface area contributed by atoms with Gasteiger partial charge in [0.1, 0.15) is 0 Å². The summed E-state index contributed by atoms with van der Waals surface area (Å²) < 4.78 is 0. The first-order valence-corrected chi connectivity index (χ1v) is 4.94. The van der Waals surface area contributed by atoms with E-state index in [2.05, 4.69) is 47.5 Å². The lowest BCUT2D eigenvalue weighted by Gasteiger charge is -2.02. The second-order valence-corrected chi connectivity index (χ2v) is 3.79. The Balaban J connectivity index is 2.21. The fraction of sp³-hybridized carbons (Fsp3) is 0.364. The zero-order chi connectivity index (χ0) is 10.8. The van der Waals surface area contributed by atoms with Gasteiger partial charge in [0.25, 0.3) is 0 Å². The first kappa shape index (κ1) is 9.83. The van der Waals surface area contributed by atoms with Crippen LogP contribution in [0, 0.1) is 13.8 Å². The average Bonchev–Trinajstić information content (AvgIpc) is 2.58. The topological polar surface area (TPSA) is 43.6 Å². The Labute approximate surface area is 88.9 Å². The first-order valence-electron chi connectivity index (χ1n) is 4.94. The Morgan fingerprint density at radius 1 is 1.20 bits per heavy atom. The van der Waals surface area contributed by atoms with Crippen molar-refractivity contribution < 1.29 is 0 Å². The molecule has 0 fully saturated rings. The number of rotatable bonds is 2. The van der Waals surface area contributed by atoms with Gasteiger partial charge in [-0.25, -0.2) is 0 Å². The zero-order valence-electron chi connectivity index (χ0n) is 9.23. The van der Waals surface area contributed by atoms with Crippen LogP contribution in [-0.2, 0) is 13.5 Å². The van der Waals surface area contributed by atoms with Crippen LogP contribution in [0.15, 0.2) is 18.2 Å². The van der Waals surface area contributed by atoms with Crippen molar-refractivity contribution in [2.75, 3.05) is 0 Å². The molecule has 0 aliphatic carbocycles. The molecule has 0 atom stereocenters. The van der Waals surface area contributed by atoms with E-state index in [1.807, 2.05) is 0 Å². The molecule has 78 valence electrons. The largest absolute Gasteiger partial charge is 0.179 e. The van der Waals surface area contributed by atoms with E-state index in [0.29, 0.717) is 0 Å². The van der Waals surface area contributed by atoms with Gasteiger partial charge in [0.2, 0.25) is 0 Å². The third-order valence-corrected chi connectivity index (χ3v) is 2.48. The van der Waals surface area contributed by atoms with E-state index in [1.54, 1.807) is 7.05 Å². The Kier molecular flexibility index (Phi) is 2.49. The predicted molar refractivity (Wildman–Crippen MR) is 57.5 cm³/mol. The van der Waals surface area contributed by atoms with Gasteiger partial charge in [-0.2, -0.15) is 4.80 Å². The third kappa shape index (κ3) is 2.21. The van der Waals surface area contributed by atoms with Crippen molar-refractivity contribution in [3.8, 4) is 0 Å². The summed E-state index contributed by atoms with van der Waals surface area (Å²) in [6, 6.07) is 6.41. The van der Waals surface area contributed by atoms with E-state index < -0.39 is 0 Å². The van der Waals surface area contributed by atoms with Gasteiger partial charge in [-0.05, 0) is 35.8 Å². The standard InChI is InChI=1S/C11H14N4/c1-8-4-5-10(6-9(8)2)7-11-12-14-15(3)13-11/h4-6H,7H2,1-3H3. The number of aryl methyl sites for hydroxylation is 3. The van der Waals surface area contributed by atoms with Crippen molar-refractivity contribution in [1.29, 1.82) is 0 Å². The van der Waals surface area contributed by atoms with Crippen LogP contribution in [0.1, 0.15) is 22.5 Å². The maximum Gasteiger partial charge on any atom is 0.179 e. The molecule has 0 N–H and O–H groups in total. The Hall–Kier alpha value is -1.71. The van der Waals surface area contributed by atoms with E-state index in [1.165, 1.54) is 21.5 Å². The van der Waals surface area contributed by atoms with Crippen LogP contribution >= 0.6 is 0 Å². The van der Waals surface area contributed by atoms with Crippen LogP contribution in [0.25, 0.3) is 0 Å². The quantitative estimate of drug-likeness (QED) is 0.739. The van der Waals surface area contributed by atoms with Crippen LogP contribution in [0.5, 0.6) is 0 Å². The number of benzene rings is 1. The molecule has 2 rings (SSSR count). The second kappa shape index (κ2) is 3.81. The summed E-state index contributed by atoms with van der Waals surface area (Å²) in [5.74, 6) is 0.765. The summed E-state index contributed by atoms with van der Waals surface area (Å²) in [5.41, 5.74) is 3.84. The average molecular weight is 202 g/mol. The summed E-state index contributed by atoms with van der Waals surface area (Å²) in [5, 5.41) is 11.9. The molecule has 4 heteroatoms. The number of hydrogen-bond donors (Lipinski definition) is 0. The van der Waals surface area contributed by atoms with E-state index in [9.17, 15) is 0 Å².